The predicted molar refractivity (Wildman–Crippen MR) is 61.6 cm³/mol. The van der Waals surface area contributed by atoms with Crippen molar-refractivity contribution in [1.29, 1.82) is 5.26 Å². The monoisotopic (exact) mass is 236 g/mol. The van der Waals surface area contributed by atoms with Crippen molar-refractivity contribution in [3.63, 3.8) is 0 Å². The molecule has 5 heteroatoms. The van der Waals surface area contributed by atoms with Crippen LogP contribution in [0.5, 0.6) is 0 Å². The van der Waals surface area contributed by atoms with Gasteiger partial charge in [-0.1, -0.05) is 6.07 Å². The summed E-state index contributed by atoms with van der Waals surface area (Å²) >= 11 is 0. The van der Waals surface area contributed by atoms with Crippen LogP contribution in [0.4, 0.5) is 5.69 Å². The van der Waals surface area contributed by atoms with E-state index in [9.17, 15) is 8.42 Å². The van der Waals surface area contributed by atoms with E-state index in [2.05, 4.69) is 0 Å². The van der Waals surface area contributed by atoms with E-state index in [1.165, 1.54) is 4.31 Å². The highest BCUT2D eigenvalue weighted by atomic mass is 32.2. The van der Waals surface area contributed by atoms with Crippen LogP contribution in [-0.4, -0.2) is 20.7 Å². The van der Waals surface area contributed by atoms with E-state index in [-0.39, 0.29) is 5.75 Å². The lowest BCUT2D eigenvalue weighted by atomic mass is 10.1. The second-order valence-corrected chi connectivity index (χ2v) is 5.87. The Morgan fingerprint density at radius 3 is 2.75 bits per heavy atom. The first kappa shape index (κ1) is 11.0. The third-order valence-corrected chi connectivity index (χ3v) is 4.56. The summed E-state index contributed by atoms with van der Waals surface area (Å²) < 4.78 is 24.9. The Bertz CT molecular complexity index is 558. The van der Waals surface area contributed by atoms with E-state index in [0.717, 1.165) is 5.56 Å². The molecule has 0 radical (unpaired) electrons. The molecule has 0 unspecified atom stereocenters. The number of benzene rings is 1. The first-order valence-electron chi connectivity index (χ1n) is 5.06. The molecule has 2 rings (SSSR count). The Morgan fingerprint density at radius 2 is 2.19 bits per heavy atom. The van der Waals surface area contributed by atoms with Gasteiger partial charge in [0.25, 0.3) is 0 Å². The summed E-state index contributed by atoms with van der Waals surface area (Å²) in [6.45, 7) is 2.36. The molecule has 16 heavy (non-hydrogen) atoms. The Balaban J connectivity index is 2.52. The molecule has 1 saturated heterocycles. The molecule has 1 aliphatic rings. The largest absolute Gasteiger partial charge is 0.270 e. The van der Waals surface area contributed by atoms with Crippen LogP contribution in [0.25, 0.3) is 0 Å². The number of nitrogens with zero attached hydrogens (tertiary/aromatic N) is 2. The van der Waals surface area contributed by atoms with Crippen LogP contribution < -0.4 is 4.31 Å². The normalized spacial score (nSPS) is 18.4. The van der Waals surface area contributed by atoms with Gasteiger partial charge in [-0.3, -0.25) is 4.31 Å². The summed E-state index contributed by atoms with van der Waals surface area (Å²) in [7, 11) is -3.16. The molecule has 0 amide bonds. The highest BCUT2D eigenvalue weighted by Gasteiger charge is 2.29. The van der Waals surface area contributed by atoms with E-state index >= 15 is 0 Å². The van der Waals surface area contributed by atoms with Crippen molar-refractivity contribution in [3.05, 3.63) is 29.3 Å². The van der Waals surface area contributed by atoms with Gasteiger partial charge < -0.3 is 0 Å². The number of nitriles is 1. The van der Waals surface area contributed by atoms with Crippen LogP contribution in [0.1, 0.15) is 17.5 Å². The Labute approximate surface area is 95.2 Å². The van der Waals surface area contributed by atoms with Crippen molar-refractivity contribution in [3.8, 4) is 6.07 Å². The minimum Gasteiger partial charge on any atom is -0.270 e. The van der Waals surface area contributed by atoms with E-state index in [0.29, 0.717) is 24.2 Å². The lowest BCUT2D eigenvalue weighted by molar-refractivity contribution is 0.599. The van der Waals surface area contributed by atoms with Gasteiger partial charge in [0.1, 0.15) is 0 Å². The Hall–Kier alpha value is -1.54. The second-order valence-electron chi connectivity index (χ2n) is 3.85. The van der Waals surface area contributed by atoms with Crippen LogP contribution in [0.3, 0.4) is 0 Å². The molecule has 0 aliphatic carbocycles. The van der Waals surface area contributed by atoms with Gasteiger partial charge in [0.15, 0.2) is 0 Å². The molecule has 0 atom stereocenters. The number of hydrogen-bond donors (Lipinski definition) is 0. The first-order valence-corrected chi connectivity index (χ1v) is 6.67. The minimum absolute atomic E-state index is 0.198. The summed E-state index contributed by atoms with van der Waals surface area (Å²) in [6, 6.07) is 7.14. The fourth-order valence-corrected chi connectivity index (χ4v) is 3.48. The van der Waals surface area contributed by atoms with Crippen LogP contribution in [0, 0.1) is 18.3 Å². The molecule has 0 bridgehead atoms. The van der Waals surface area contributed by atoms with Crippen molar-refractivity contribution in [2.24, 2.45) is 0 Å². The summed E-state index contributed by atoms with van der Waals surface area (Å²) in [5.41, 5.74) is 2.00. The zero-order valence-electron chi connectivity index (χ0n) is 8.97. The van der Waals surface area contributed by atoms with Crippen molar-refractivity contribution in [1.82, 2.24) is 0 Å². The maximum absolute atomic E-state index is 11.8. The van der Waals surface area contributed by atoms with Gasteiger partial charge in [0, 0.05) is 6.54 Å². The van der Waals surface area contributed by atoms with Gasteiger partial charge in [-0.2, -0.15) is 5.26 Å². The van der Waals surface area contributed by atoms with Gasteiger partial charge in [0.05, 0.1) is 23.1 Å². The van der Waals surface area contributed by atoms with Crippen molar-refractivity contribution in [2.75, 3.05) is 16.6 Å². The fraction of sp³-hybridized carbons (Fsp3) is 0.364. The average Bonchev–Trinajstić information content (AvgIpc) is 2.59. The molecule has 1 aromatic carbocycles. The van der Waals surface area contributed by atoms with Crippen molar-refractivity contribution >= 4 is 15.7 Å². The fourth-order valence-electron chi connectivity index (χ4n) is 1.86. The van der Waals surface area contributed by atoms with Gasteiger partial charge >= 0.3 is 0 Å². The van der Waals surface area contributed by atoms with Crippen molar-refractivity contribution < 1.29 is 8.42 Å². The molecule has 1 heterocycles. The maximum atomic E-state index is 11.8. The molecule has 84 valence electrons. The second kappa shape index (κ2) is 3.80. The topological polar surface area (TPSA) is 61.2 Å². The summed E-state index contributed by atoms with van der Waals surface area (Å²) in [6.07, 6.45) is 0.651. The molecule has 0 spiro atoms. The van der Waals surface area contributed by atoms with E-state index < -0.39 is 10.0 Å². The van der Waals surface area contributed by atoms with Crippen LogP contribution >= 0.6 is 0 Å². The Kier molecular flexibility index (Phi) is 2.60. The number of sulfonamides is 1. The van der Waals surface area contributed by atoms with Gasteiger partial charge in [-0.15, -0.1) is 0 Å². The molecule has 0 aromatic heterocycles. The highest BCUT2D eigenvalue weighted by molar-refractivity contribution is 7.93. The van der Waals surface area contributed by atoms with Crippen LogP contribution in [0.15, 0.2) is 18.2 Å². The number of rotatable bonds is 1. The molecule has 4 nitrogen and oxygen atoms in total. The van der Waals surface area contributed by atoms with Gasteiger partial charge in [-0.05, 0) is 31.0 Å². The zero-order valence-corrected chi connectivity index (χ0v) is 9.79. The molecule has 1 aromatic rings. The average molecular weight is 236 g/mol. The van der Waals surface area contributed by atoms with E-state index in [1.54, 1.807) is 18.2 Å². The minimum atomic E-state index is -3.16. The standard InChI is InChI=1S/C11H12N2O2S/c1-9-3-4-10(8-12)7-11(9)13-5-2-6-16(13,14)15/h3-4,7H,2,5-6H2,1H3. The molecule has 1 fully saturated rings. The number of hydrogen-bond acceptors (Lipinski definition) is 3. The SMILES string of the molecule is Cc1ccc(C#N)cc1N1CCCS1(=O)=O. The summed E-state index contributed by atoms with van der Waals surface area (Å²) in [4.78, 5) is 0. The highest BCUT2D eigenvalue weighted by Crippen LogP contribution is 2.28. The zero-order chi connectivity index (χ0) is 11.8. The van der Waals surface area contributed by atoms with Crippen molar-refractivity contribution in [2.45, 2.75) is 13.3 Å². The van der Waals surface area contributed by atoms with Crippen LogP contribution in [-0.2, 0) is 10.0 Å². The number of aryl methyl sites for hydroxylation is 1. The molecule has 1 aliphatic heterocycles. The summed E-state index contributed by atoms with van der Waals surface area (Å²) in [5, 5.41) is 8.81. The van der Waals surface area contributed by atoms with E-state index in [1.807, 2.05) is 13.0 Å². The molecule has 0 saturated carbocycles. The molecular weight excluding hydrogens is 224 g/mol. The third-order valence-electron chi connectivity index (χ3n) is 2.71. The summed E-state index contributed by atoms with van der Waals surface area (Å²) in [5.74, 6) is 0.198. The maximum Gasteiger partial charge on any atom is 0.235 e. The quantitative estimate of drug-likeness (QED) is 0.740. The molecular formula is C11H12N2O2S. The van der Waals surface area contributed by atoms with Crippen LogP contribution in [0.2, 0.25) is 0 Å². The van der Waals surface area contributed by atoms with E-state index in [4.69, 9.17) is 5.26 Å². The third kappa shape index (κ3) is 1.76. The first-order chi connectivity index (χ1) is 7.54. The number of anilines is 1. The predicted octanol–water partition coefficient (Wildman–Crippen LogP) is 1.41. The van der Waals surface area contributed by atoms with Gasteiger partial charge in [0.2, 0.25) is 10.0 Å². The smallest absolute Gasteiger partial charge is 0.235 e. The Morgan fingerprint density at radius 1 is 1.44 bits per heavy atom. The lowest BCUT2D eigenvalue weighted by Crippen LogP contribution is -2.25. The lowest BCUT2D eigenvalue weighted by Gasteiger charge is -2.19. The van der Waals surface area contributed by atoms with Gasteiger partial charge in [-0.25, -0.2) is 8.42 Å². The molecule has 0 N–H and O–H groups in total.